The van der Waals surface area contributed by atoms with Gasteiger partial charge in [0.25, 0.3) is 0 Å². The molecule has 8 nitrogen and oxygen atoms in total. The SMILES string of the molecule is Cc1ccc(S(=O)(=O)N2CCN(C(=O)CCc3nncn3C)CC2)cc1. The van der Waals surface area contributed by atoms with Crippen molar-refractivity contribution in [3.63, 3.8) is 0 Å². The predicted molar refractivity (Wildman–Crippen MR) is 95.8 cm³/mol. The normalized spacial score (nSPS) is 16.0. The number of aromatic nitrogens is 3. The van der Waals surface area contributed by atoms with Crippen molar-refractivity contribution in [2.24, 2.45) is 7.05 Å². The largest absolute Gasteiger partial charge is 0.340 e. The van der Waals surface area contributed by atoms with Crippen molar-refractivity contribution < 1.29 is 13.2 Å². The lowest BCUT2D eigenvalue weighted by Gasteiger charge is -2.34. The summed E-state index contributed by atoms with van der Waals surface area (Å²) in [5.74, 6) is 0.777. The Morgan fingerprint density at radius 2 is 1.77 bits per heavy atom. The average Bonchev–Trinajstić information content (AvgIpc) is 3.05. The van der Waals surface area contributed by atoms with Crippen LogP contribution in [0.15, 0.2) is 35.5 Å². The molecule has 0 atom stereocenters. The molecular weight excluding hydrogens is 354 g/mol. The molecule has 1 amide bonds. The van der Waals surface area contributed by atoms with E-state index in [4.69, 9.17) is 0 Å². The smallest absolute Gasteiger partial charge is 0.243 e. The van der Waals surface area contributed by atoms with Crippen LogP contribution in [-0.2, 0) is 28.3 Å². The second kappa shape index (κ2) is 7.55. The summed E-state index contributed by atoms with van der Waals surface area (Å²) in [5, 5.41) is 7.77. The highest BCUT2D eigenvalue weighted by atomic mass is 32.2. The molecule has 0 unspecified atom stereocenters. The van der Waals surface area contributed by atoms with Crippen molar-refractivity contribution in [3.05, 3.63) is 42.0 Å². The van der Waals surface area contributed by atoms with Gasteiger partial charge in [0.1, 0.15) is 12.2 Å². The molecule has 0 radical (unpaired) electrons. The Kier molecular flexibility index (Phi) is 5.38. The van der Waals surface area contributed by atoms with E-state index in [0.717, 1.165) is 11.4 Å². The lowest BCUT2D eigenvalue weighted by atomic mass is 10.2. The van der Waals surface area contributed by atoms with Crippen molar-refractivity contribution in [3.8, 4) is 0 Å². The zero-order chi connectivity index (χ0) is 18.7. The number of benzene rings is 1. The first kappa shape index (κ1) is 18.5. The summed E-state index contributed by atoms with van der Waals surface area (Å²) in [4.78, 5) is 14.4. The number of aryl methyl sites for hydroxylation is 3. The third kappa shape index (κ3) is 3.94. The highest BCUT2D eigenvalue weighted by Gasteiger charge is 2.29. The summed E-state index contributed by atoms with van der Waals surface area (Å²) in [5.41, 5.74) is 1.02. The van der Waals surface area contributed by atoms with E-state index in [1.165, 1.54) is 4.31 Å². The van der Waals surface area contributed by atoms with Crippen molar-refractivity contribution >= 4 is 15.9 Å². The molecule has 3 rings (SSSR count). The fourth-order valence-electron chi connectivity index (χ4n) is 2.95. The van der Waals surface area contributed by atoms with E-state index in [0.29, 0.717) is 43.9 Å². The van der Waals surface area contributed by atoms with Gasteiger partial charge in [-0.3, -0.25) is 4.79 Å². The molecule has 0 aliphatic carbocycles. The lowest BCUT2D eigenvalue weighted by molar-refractivity contribution is -0.132. The van der Waals surface area contributed by atoms with Crippen LogP contribution in [0.4, 0.5) is 0 Å². The molecule has 9 heteroatoms. The van der Waals surface area contributed by atoms with E-state index in [-0.39, 0.29) is 5.91 Å². The van der Waals surface area contributed by atoms with E-state index in [2.05, 4.69) is 10.2 Å². The van der Waals surface area contributed by atoms with Crippen LogP contribution in [0, 0.1) is 6.92 Å². The first-order valence-corrected chi connectivity index (χ1v) is 9.99. The standard InChI is InChI=1S/C17H23N5O3S/c1-14-3-5-15(6-4-14)26(24,25)22-11-9-21(10-12-22)17(23)8-7-16-19-18-13-20(16)2/h3-6,13H,7-12H2,1-2H3. The molecule has 0 N–H and O–H groups in total. The number of amides is 1. The molecule has 0 saturated carbocycles. The van der Waals surface area contributed by atoms with Gasteiger partial charge in [-0.05, 0) is 19.1 Å². The molecule has 2 heterocycles. The summed E-state index contributed by atoms with van der Waals surface area (Å²) in [6.45, 7) is 3.35. The van der Waals surface area contributed by atoms with Gasteiger partial charge in [0.2, 0.25) is 15.9 Å². The lowest BCUT2D eigenvalue weighted by Crippen LogP contribution is -2.50. The monoisotopic (exact) mass is 377 g/mol. The van der Waals surface area contributed by atoms with E-state index in [1.54, 1.807) is 40.1 Å². The maximum Gasteiger partial charge on any atom is 0.243 e. The highest BCUT2D eigenvalue weighted by Crippen LogP contribution is 2.18. The molecule has 2 aromatic rings. The molecule has 140 valence electrons. The minimum Gasteiger partial charge on any atom is -0.340 e. The van der Waals surface area contributed by atoms with Crippen LogP contribution in [0.5, 0.6) is 0 Å². The van der Waals surface area contributed by atoms with Gasteiger partial charge in [0.15, 0.2) is 0 Å². The predicted octanol–water partition coefficient (Wildman–Crippen LogP) is 0.589. The molecule has 0 bridgehead atoms. The summed E-state index contributed by atoms with van der Waals surface area (Å²) in [6.07, 6.45) is 2.48. The van der Waals surface area contributed by atoms with E-state index < -0.39 is 10.0 Å². The fraction of sp³-hybridized carbons (Fsp3) is 0.471. The zero-order valence-electron chi connectivity index (χ0n) is 15.0. The van der Waals surface area contributed by atoms with Gasteiger partial charge >= 0.3 is 0 Å². The van der Waals surface area contributed by atoms with E-state index in [1.807, 2.05) is 14.0 Å². The number of hydrogen-bond acceptors (Lipinski definition) is 5. The average molecular weight is 377 g/mol. The number of piperazine rings is 1. The van der Waals surface area contributed by atoms with Crippen LogP contribution in [0.25, 0.3) is 0 Å². The Morgan fingerprint density at radius 1 is 1.12 bits per heavy atom. The first-order valence-electron chi connectivity index (χ1n) is 8.55. The summed E-state index contributed by atoms with van der Waals surface area (Å²) in [7, 11) is -1.67. The molecular formula is C17H23N5O3S. The van der Waals surface area contributed by atoms with Gasteiger partial charge in [0, 0.05) is 46.1 Å². The number of hydrogen-bond donors (Lipinski definition) is 0. The number of nitrogens with zero attached hydrogens (tertiary/aromatic N) is 5. The van der Waals surface area contributed by atoms with Crippen LogP contribution in [0.1, 0.15) is 17.8 Å². The number of carbonyl (C=O) groups is 1. The van der Waals surface area contributed by atoms with Crippen LogP contribution < -0.4 is 0 Å². The topological polar surface area (TPSA) is 88.4 Å². The second-order valence-electron chi connectivity index (χ2n) is 6.46. The molecule has 1 saturated heterocycles. The third-order valence-corrected chi connectivity index (χ3v) is 6.53. The minimum absolute atomic E-state index is 0.0142. The van der Waals surface area contributed by atoms with Crippen molar-refractivity contribution in [1.82, 2.24) is 24.0 Å². The maximum absolute atomic E-state index is 12.7. The summed E-state index contributed by atoms with van der Waals surface area (Å²) >= 11 is 0. The van der Waals surface area contributed by atoms with Gasteiger partial charge < -0.3 is 9.47 Å². The summed E-state index contributed by atoms with van der Waals surface area (Å²) < 4.78 is 28.6. The molecule has 1 aromatic heterocycles. The molecule has 1 aliphatic rings. The maximum atomic E-state index is 12.7. The fourth-order valence-corrected chi connectivity index (χ4v) is 4.37. The molecule has 0 spiro atoms. The van der Waals surface area contributed by atoms with E-state index >= 15 is 0 Å². The van der Waals surface area contributed by atoms with Crippen LogP contribution in [0.2, 0.25) is 0 Å². The van der Waals surface area contributed by atoms with Crippen LogP contribution in [0.3, 0.4) is 0 Å². The zero-order valence-corrected chi connectivity index (χ0v) is 15.8. The van der Waals surface area contributed by atoms with Gasteiger partial charge in [0.05, 0.1) is 4.90 Å². The molecule has 1 aromatic carbocycles. The van der Waals surface area contributed by atoms with Crippen molar-refractivity contribution in [2.45, 2.75) is 24.7 Å². The first-order chi connectivity index (χ1) is 12.4. The highest BCUT2D eigenvalue weighted by molar-refractivity contribution is 7.89. The second-order valence-corrected chi connectivity index (χ2v) is 8.39. The van der Waals surface area contributed by atoms with Crippen molar-refractivity contribution in [2.75, 3.05) is 26.2 Å². The van der Waals surface area contributed by atoms with Crippen molar-refractivity contribution in [1.29, 1.82) is 0 Å². The van der Waals surface area contributed by atoms with Gasteiger partial charge in [-0.1, -0.05) is 17.7 Å². The minimum atomic E-state index is -3.51. The van der Waals surface area contributed by atoms with E-state index in [9.17, 15) is 13.2 Å². The third-order valence-electron chi connectivity index (χ3n) is 4.62. The Labute approximate surface area is 153 Å². The summed E-state index contributed by atoms with van der Waals surface area (Å²) in [6, 6.07) is 6.84. The van der Waals surface area contributed by atoms with Gasteiger partial charge in [-0.2, -0.15) is 4.31 Å². The number of rotatable bonds is 5. The molecule has 26 heavy (non-hydrogen) atoms. The molecule has 1 aliphatic heterocycles. The van der Waals surface area contributed by atoms with Crippen LogP contribution >= 0.6 is 0 Å². The number of sulfonamides is 1. The van der Waals surface area contributed by atoms with Gasteiger partial charge in [-0.25, -0.2) is 8.42 Å². The Hall–Kier alpha value is -2.26. The Bertz CT molecular complexity index is 868. The van der Waals surface area contributed by atoms with Crippen LogP contribution in [-0.4, -0.2) is 64.5 Å². The Balaban J connectivity index is 1.55. The van der Waals surface area contributed by atoms with Gasteiger partial charge in [-0.15, -0.1) is 10.2 Å². The Morgan fingerprint density at radius 3 is 2.35 bits per heavy atom. The number of carbonyl (C=O) groups excluding carboxylic acids is 1. The molecule has 1 fully saturated rings. The quantitative estimate of drug-likeness (QED) is 0.761.